The largest absolute Gasteiger partial charge is 0.466 e. The van der Waals surface area contributed by atoms with Crippen molar-refractivity contribution < 1.29 is 28.8 Å². The number of nitro benzene ring substituents is 1. The summed E-state index contributed by atoms with van der Waals surface area (Å²) in [6.45, 7) is 0. The summed E-state index contributed by atoms with van der Waals surface area (Å²) in [6, 6.07) is 12.0. The van der Waals surface area contributed by atoms with E-state index in [1.807, 2.05) is 0 Å². The molecule has 0 spiro atoms. The van der Waals surface area contributed by atoms with Crippen LogP contribution in [0.15, 0.2) is 54.7 Å². The molecule has 0 amide bonds. The van der Waals surface area contributed by atoms with E-state index in [2.05, 4.69) is 9.72 Å². The van der Waals surface area contributed by atoms with Crippen molar-refractivity contribution in [1.82, 2.24) is 4.98 Å². The molecule has 2 aromatic carbocycles. The molecule has 142 valence electrons. The van der Waals surface area contributed by atoms with Crippen LogP contribution < -0.4 is 0 Å². The molecule has 1 unspecified atom stereocenters. The number of H-pyrrole nitrogens is 1. The molecule has 0 saturated carbocycles. The van der Waals surface area contributed by atoms with Crippen LogP contribution in [-0.2, 0) is 19.1 Å². The maximum Gasteiger partial charge on any atom is 0.380 e. The van der Waals surface area contributed by atoms with Gasteiger partial charge in [-0.2, -0.15) is 0 Å². The first-order chi connectivity index (χ1) is 13.4. The lowest BCUT2D eigenvalue weighted by molar-refractivity contribution is -0.384. The van der Waals surface area contributed by atoms with Crippen molar-refractivity contribution in [2.45, 2.75) is 6.10 Å². The lowest BCUT2D eigenvalue weighted by Crippen LogP contribution is -2.25. The van der Waals surface area contributed by atoms with E-state index < -0.39 is 28.7 Å². The van der Waals surface area contributed by atoms with Crippen LogP contribution in [0.2, 0.25) is 0 Å². The molecule has 0 aliphatic carbocycles. The van der Waals surface area contributed by atoms with Crippen LogP contribution in [0.4, 0.5) is 5.69 Å². The number of fused-ring (bicyclic) bond motifs is 1. The summed E-state index contributed by atoms with van der Waals surface area (Å²) in [4.78, 5) is 50.1. The van der Waals surface area contributed by atoms with E-state index in [0.29, 0.717) is 11.1 Å². The Morgan fingerprint density at radius 3 is 2.46 bits per heavy atom. The van der Waals surface area contributed by atoms with E-state index in [0.717, 1.165) is 7.11 Å². The number of benzene rings is 2. The number of carbonyl (C=O) groups excluding carboxylic acids is 3. The van der Waals surface area contributed by atoms with Crippen LogP contribution in [0.3, 0.4) is 0 Å². The SMILES string of the molecule is COC(=O)C(OC(=O)C(=O)c1c[nH]c2ccc([N+](=O)[O-])cc12)c1ccccc1. The third-order valence-electron chi connectivity index (χ3n) is 4.05. The van der Waals surface area contributed by atoms with Gasteiger partial charge in [-0.05, 0) is 6.07 Å². The van der Waals surface area contributed by atoms with E-state index in [4.69, 9.17) is 4.74 Å². The second kappa shape index (κ2) is 7.70. The number of aromatic nitrogens is 1. The van der Waals surface area contributed by atoms with E-state index >= 15 is 0 Å². The Bertz CT molecular complexity index is 1070. The number of ether oxygens (including phenoxy) is 2. The van der Waals surface area contributed by atoms with E-state index in [1.165, 1.54) is 24.4 Å². The summed E-state index contributed by atoms with van der Waals surface area (Å²) in [5.41, 5.74) is 0.450. The van der Waals surface area contributed by atoms with Crippen molar-refractivity contribution >= 4 is 34.3 Å². The highest BCUT2D eigenvalue weighted by Gasteiger charge is 2.30. The highest BCUT2D eigenvalue weighted by Crippen LogP contribution is 2.25. The minimum atomic E-state index is -1.41. The fraction of sp³-hybridized carbons (Fsp3) is 0.105. The highest BCUT2D eigenvalue weighted by atomic mass is 16.6. The minimum Gasteiger partial charge on any atom is -0.466 e. The normalized spacial score (nSPS) is 11.6. The molecular formula is C19H14N2O7. The monoisotopic (exact) mass is 382 g/mol. The van der Waals surface area contributed by atoms with Crippen LogP contribution in [-0.4, -0.2) is 34.7 Å². The van der Waals surface area contributed by atoms with Gasteiger partial charge in [0.05, 0.1) is 17.6 Å². The van der Waals surface area contributed by atoms with Crippen molar-refractivity contribution in [3.8, 4) is 0 Å². The lowest BCUT2D eigenvalue weighted by atomic mass is 10.1. The number of aromatic amines is 1. The standard InChI is InChI=1S/C19H14N2O7/c1-27-19(24)17(11-5-3-2-4-6-11)28-18(23)16(22)14-10-20-15-8-7-12(21(25)26)9-13(14)15/h2-10,17,20H,1H3. The first kappa shape index (κ1) is 18.8. The first-order valence-electron chi connectivity index (χ1n) is 8.06. The van der Waals surface area contributed by atoms with E-state index in [1.54, 1.807) is 30.3 Å². The molecule has 9 heteroatoms. The van der Waals surface area contributed by atoms with Gasteiger partial charge >= 0.3 is 11.9 Å². The number of non-ortho nitro benzene ring substituents is 1. The Morgan fingerprint density at radius 1 is 1.11 bits per heavy atom. The van der Waals surface area contributed by atoms with Gasteiger partial charge in [-0.25, -0.2) is 9.59 Å². The lowest BCUT2D eigenvalue weighted by Gasteiger charge is -2.15. The quantitative estimate of drug-likeness (QED) is 0.228. The smallest absolute Gasteiger partial charge is 0.380 e. The van der Waals surface area contributed by atoms with Gasteiger partial charge in [0, 0.05) is 34.8 Å². The number of carbonyl (C=O) groups is 3. The second-order valence-corrected chi connectivity index (χ2v) is 5.74. The average Bonchev–Trinajstić information content (AvgIpc) is 3.14. The summed E-state index contributed by atoms with van der Waals surface area (Å²) >= 11 is 0. The minimum absolute atomic E-state index is 0.0969. The van der Waals surface area contributed by atoms with Crippen LogP contribution in [0.1, 0.15) is 22.0 Å². The molecule has 3 rings (SSSR count). The van der Waals surface area contributed by atoms with Gasteiger partial charge in [0.25, 0.3) is 11.5 Å². The van der Waals surface area contributed by atoms with E-state index in [-0.39, 0.29) is 16.6 Å². The topological polar surface area (TPSA) is 129 Å². The molecule has 28 heavy (non-hydrogen) atoms. The van der Waals surface area contributed by atoms with Gasteiger partial charge in [0.1, 0.15) is 0 Å². The van der Waals surface area contributed by atoms with Crippen molar-refractivity contribution in [2.75, 3.05) is 7.11 Å². The zero-order valence-electron chi connectivity index (χ0n) is 14.6. The number of esters is 2. The first-order valence-corrected chi connectivity index (χ1v) is 8.06. The number of hydrogen-bond acceptors (Lipinski definition) is 7. The summed E-state index contributed by atoms with van der Waals surface area (Å²) in [5.74, 6) is -3.18. The molecule has 1 atom stereocenters. The van der Waals surface area contributed by atoms with Gasteiger partial charge in [-0.1, -0.05) is 30.3 Å². The molecule has 0 aliphatic rings. The van der Waals surface area contributed by atoms with Crippen LogP contribution >= 0.6 is 0 Å². The number of nitrogens with one attached hydrogen (secondary N) is 1. The summed E-state index contributed by atoms with van der Waals surface area (Å²) in [7, 11) is 1.13. The Labute approximate surface area is 158 Å². The van der Waals surface area contributed by atoms with Gasteiger partial charge in [0.15, 0.2) is 0 Å². The second-order valence-electron chi connectivity index (χ2n) is 5.74. The Morgan fingerprint density at radius 2 is 1.82 bits per heavy atom. The number of Topliss-reactive ketones (excluding diaryl/α,β-unsaturated/α-hetero) is 1. The Kier molecular flexibility index (Phi) is 5.16. The van der Waals surface area contributed by atoms with Crippen molar-refractivity contribution in [1.29, 1.82) is 0 Å². The molecule has 1 N–H and O–H groups in total. The van der Waals surface area contributed by atoms with Crippen molar-refractivity contribution in [3.63, 3.8) is 0 Å². The third kappa shape index (κ3) is 3.58. The van der Waals surface area contributed by atoms with Crippen LogP contribution in [0.5, 0.6) is 0 Å². The summed E-state index contributed by atoms with van der Waals surface area (Å²) in [5, 5.41) is 11.2. The summed E-state index contributed by atoms with van der Waals surface area (Å²) in [6.07, 6.45) is -0.157. The van der Waals surface area contributed by atoms with Crippen molar-refractivity contribution in [3.05, 3.63) is 76.0 Å². The fourth-order valence-electron chi connectivity index (χ4n) is 2.67. The zero-order valence-corrected chi connectivity index (χ0v) is 14.6. The van der Waals surface area contributed by atoms with Crippen LogP contribution in [0.25, 0.3) is 10.9 Å². The molecule has 1 heterocycles. The number of methoxy groups -OCH3 is 1. The summed E-state index contributed by atoms with van der Waals surface area (Å²) < 4.78 is 9.73. The Hall–Kier alpha value is -4.01. The molecule has 0 saturated heterocycles. The van der Waals surface area contributed by atoms with Gasteiger partial charge in [0.2, 0.25) is 6.10 Å². The van der Waals surface area contributed by atoms with Crippen molar-refractivity contribution in [2.24, 2.45) is 0 Å². The molecule has 0 radical (unpaired) electrons. The molecule has 0 aliphatic heterocycles. The van der Waals surface area contributed by atoms with E-state index in [9.17, 15) is 24.5 Å². The number of hydrogen-bond donors (Lipinski definition) is 1. The molecule has 1 aromatic heterocycles. The molecule has 0 fully saturated rings. The molecule has 0 bridgehead atoms. The molecule has 3 aromatic rings. The van der Waals surface area contributed by atoms with Gasteiger partial charge < -0.3 is 14.5 Å². The number of nitrogens with zero attached hydrogens (tertiary/aromatic N) is 1. The number of ketones is 1. The molecule has 9 nitrogen and oxygen atoms in total. The van der Waals surface area contributed by atoms with Gasteiger partial charge in [-0.3, -0.25) is 14.9 Å². The molecular weight excluding hydrogens is 368 g/mol. The predicted octanol–water partition coefficient (Wildman–Crippen LogP) is 2.72. The maximum absolute atomic E-state index is 12.6. The fourth-order valence-corrected chi connectivity index (χ4v) is 2.67. The maximum atomic E-state index is 12.6. The number of rotatable bonds is 6. The average molecular weight is 382 g/mol. The number of nitro groups is 1. The predicted molar refractivity (Wildman–Crippen MR) is 96.6 cm³/mol. The zero-order chi connectivity index (χ0) is 20.3. The van der Waals surface area contributed by atoms with Crippen LogP contribution in [0, 0.1) is 10.1 Å². The Balaban J connectivity index is 1.90. The highest BCUT2D eigenvalue weighted by molar-refractivity contribution is 6.43. The van der Waals surface area contributed by atoms with Gasteiger partial charge in [-0.15, -0.1) is 0 Å². The third-order valence-corrected chi connectivity index (χ3v) is 4.05.